The van der Waals surface area contributed by atoms with Gasteiger partial charge in [0, 0.05) is 29.7 Å². The summed E-state index contributed by atoms with van der Waals surface area (Å²) in [4.78, 5) is 0. The van der Waals surface area contributed by atoms with Gasteiger partial charge in [-0.25, -0.2) is 4.68 Å². The van der Waals surface area contributed by atoms with Crippen molar-refractivity contribution in [1.29, 1.82) is 0 Å². The van der Waals surface area contributed by atoms with Crippen LogP contribution in [0, 0.1) is 0 Å². The van der Waals surface area contributed by atoms with Gasteiger partial charge >= 0.3 is 0 Å². The van der Waals surface area contributed by atoms with Crippen molar-refractivity contribution in [2.45, 2.75) is 11.6 Å². The van der Waals surface area contributed by atoms with Crippen LogP contribution in [-0.4, -0.2) is 24.7 Å². The highest BCUT2D eigenvalue weighted by Crippen LogP contribution is 2.46. The van der Waals surface area contributed by atoms with Gasteiger partial charge in [-0.05, 0) is 29.3 Å². The van der Waals surface area contributed by atoms with Crippen LogP contribution >= 0.6 is 0 Å². The molecule has 5 nitrogen and oxygen atoms in total. The summed E-state index contributed by atoms with van der Waals surface area (Å²) in [5.41, 5.74) is 3.89. The maximum absolute atomic E-state index is 12.9. The molecule has 0 saturated heterocycles. The molecule has 0 bridgehead atoms. The van der Waals surface area contributed by atoms with Gasteiger partial charge in [-0.1, -0.05) is 96.2 Å². The third-order valence-corrected chi connectivity index (χ3v) is 6.67. The number of para-hydroxylation sites is 2. The largest absolute Gasteiger partial charge is 0.378 e. The first kappa shape index (κ1) is 20.4. The number of fused-ring (bicyclic) bond motifs is 2. The lowest BCUT2D eigenvalue weighted by molar-refractivity contribution is 0.0351. The van der Waals surface area contributed by atoms with Crippen molar-refractivity contribution in [3.8, 4) is 0 Å². The first-order chi connectivity index (χ1) is 16.7. The van der Waals surface area contributed by atoms with E-state index >= 15 is 0 Å². The van der Waals surface area contributed by atoms with Gasteiger partial charge < -0.3 is 9.67 Å². The van der Waals surface area contributed by atoms with Crippen LogP contribution in [0.2, 0.25) is 0 Å². The van der Waals surface area contributed by atoms with Gasteiger partial charge in [0.05, 0.1) is 5.52 Å². The van der Waals surface area contributed by atoms with E-state index in [1.807, 2.05) is 109 Å². The van der Waals surface area contributed by atoms with E-state index in [2.05, 4.69) is 33.2 Å². The minimum absolute atomic E-state index is 0.573. The number of nitrogens with zero attached hydrogens (tertiary/aromatic N) is 4. The van der Waals surface area contributed by atoms with Crippen molar-refractivity contribution in [2.24, 2.45) is 7.05 Å². The number of hydrogen-bond acceptors (Lipinski definition) is 3. The summed E-state index contributed by atoms with van der Waals surface area (Å²) >= 11 is 0. The normalized spacial score (nSPS) is 12.9. The number of rotatable bonds is 5. The van der Waals surface area contributed by atoms with Crippen LogP contribution in [0.1, 0.15) is 22.7 Å². The average Bonchev–Trinajstić information content (AvgIpc) is 3.47. The van der Waals surface area contributed by atoms with E-state index in [0.29, 0.717) is 0 Å². The number of aryl methyl sites for hydroxylation is 1. The number of hydrogen-bond donors (Lipinski definition) is 1. The molecule has 1 unspecified atom stereocenters. The third-order valence-electron chi connectivity index (χ3n) is 6.67. The average molecular weight is 445 g/mol. The third kappa shape index (κ3) is 3.05. The van der Waals surface area contributed by atoms with Crippen molar-refractivity contribution in [2.75, 3.05) is 0 Å². The highest BCUT2D eigenvalue weighted by Gasteiger charge is 2.45. The first-order valence-corrected chi connectivity index (χ1v) is 11.4. The summed E-state index contributed by atoms with van der Waals surface area (Å²) in [7, 11) is 2.03. The smallest absolute Gasteiger partial charge is 0.141 e. The lowest BCUT2D eigenvalue weighted by Gasteiger charge is -2.37. The van der Waals surface area contributed by atoms with Crippen LogP contribution in [0.5, 0.6) is 0 Å². The Bertz CT molecular complexity index is 1540. The summed E-state index contributed by atoms with van der Waals surface area (Å²) < 4.78 is 3.98. The van der Waals surface area contributed by atoms with Gasteiger partial charge in [-0.2, -0.15) is 0 Å². The van der Waals surface area contributed by atoms with Crippen LogP contribution in [0.15, 0.2) is 115 Å². The van der Waals surface area contributed by atoms with Crippen LogP contribution in [-0.2, 0) is 12.6 Å². The minimum atomic E-state index is -1.41. The summed E-state index contributed by atoms with van der Waals surface area (Å²) in [6.07, 6.45) is 2.10. The van der Waals surface area contributed by atoms with Crippen molar-refractivity contribution < 1.29 is 5.11 Å². The zero-order valence-electron chi connectivity index (χ0n) is 18.8. The highest BCUT2D eigenvalue weighted by atomic mass is 16.3. The van der Waals surface area contributed by atoms with Crippen molar-refractivity contribution in [3.63, 3.8) is 0 Å². The standard InChI is InChI=1S/C29H24N4O/c1-32-20-24(23-16-8-10-18-26(23)32)28(33-27-19-11-9-17-25(27)30-31-33)29(34,21-12-4-2-5-13-21)22-14-6-3-7-15-22/h2-20,28,34H,1H3. The molecule has 0 radical (unpaired) electrons. The molecule has 0 saturated carbocycles. The molecule has 0 spiro atoms. The fourth-order valence-electron chi connectivity index (χ4n) is 5.07. The fraction of sp³-hybridized carbons (Fsp3) is 0.103. The van der Waals surface area contributed by atoms with E-state index in [1.54, 1.807) is 0 Å². The van der Waals surface area contributed by atoms with Crippen molar-refractivity contribution in [1.82, 2.24) is 19.6 Å². The topological polar surface area (TPSA) is 55.9 Å². The molecular weight excluding hydrogens is 420 g/mol. The second kappa shape index (κ2) is 7.97. The van der Waals surface area contributed by atoms with Crippen LogP contribution < -0.4 is 0 Å². The Hall–Kier alpha value is -4.22. The SMILES string of the molecule is Cn1cc(C(n2nnc3ccccc32)C(O)(c2ccccc2)c2ccccc2)c2ccccc21. The zero-order chi connectivity index (χ0) is 23.1. The van der Waals surface area contributed by atoms with Gasteiger partial charge in [-0.15, -0.1) is 5.10 Å². The van der Waals surface area contributed by atoms with Gasteiger partial charge in [0.15, 0.2) is 0 Å². The molecule has 0 aliphatic heterocycles. The summed E-state index contributed by atoms with van der Waals surface area (Å²) in [6, 6.07) is 35.3. The maximum Gasteiger partial charge on any atom is 0.141 e. The maximum atomic E-state index is 12.9. The molecule has 4 aromatic carbocycles. The Labute approximate surface area is 197 Å². The number of aliphatic hydroxyl groups is 1. The molecule has 6 aromatic rings. The predicted octanol–water partition coefficient (Wildman–Crippen LogP) is 5.45. The van der Waals surface area contributed by atoms with E-state index in [9.17, 15) is 5.11 Å². The second-order valence-corrected chi connectivity index (χ2v) is 8.64. The predicted molar refractivity (Wildman–Crippen MR) is 134 cm³/mol. The Morgan fingerprint density at radius 1 is 0.706 bits per heavy atom. The van der Waals surface area contributed by atoms with E-state index in [-0.39, 0.29) is 0 Å². The molecule has 0 amide bonds. The first-order valence-electron chi connectivity index (χ1n) is 11.4. The molecule has 6 rings (SSSR count). The molecule has 5 heteroatoms. The lowest BCUT2D eigenvalue weighted by atomic mass is 9.77. The van der Waals surface area contributed by atoms with E-state index in [1.165, 1.54) is 0 Å². The number of aromatic nitrogens is 4. The molecule has 2 heterocycles. The van der Waals surface area contributed by atoms with Crippen LogP contribution in [0.3, 0.4) is 0 Å². The Kier molecular flexibility index (Phi) is 4.78. The van der Waals surface area contributed by atoms with Gasteiger partial charge in [0.1, 0.15) is 17.2 Å². The fourth-order valence-corrected chi connectivity index (χ4v) is 5.07. The summed E-state index contributed by atoms with van der Waals surface area (Å²) in [6.45, 7) is 0. The van der Waals surface area contributed by atoms with Crippen LogP contribution in [0.4, 0.5) is 0 Å². The van der Waals surface area contributed by atoms with Gasteiger partial charge in [0.25, 0.3) is 0 Å². The molecular formula is C29H24N4O. The van der Waals surface area contributed by atoms with Crippen LogP contribution in [0.25, 0.3) is 21.9 Å². The minimum Gasteiger partial charge on any atom is -0.378 e. The van der Waals surface area contributed by atoms with Crippen molar-refractivity contribution in [3.05, 3.63) is 132 Å². The Morgan fingerprint density at radius 2 is 1.26 bits per heavy atom. The molecule has 34 heavy (non-hydrogen) atoms. The molecule has 0 aliphatic carbocycles. The molecule has 166 valence electrons. The van der Waals surface area contributed by atoms with E-state index in [4.69, 9.17) is 0 Å². The Balaban J connectivity index is 1.74. The highest BCUT2D eigenvalue weighted by molar-refractivity contribution is 5.85. The second-order valence-electron chi connectivity index (χ2n) is 8.64. The monoisotopic (exact) mass is 444 g/mol. The summed E-state index contributed by atoms with van der Waals surface area (Å²) in [5, 5.41) is 23.0. The molecule has 2 aromatic heterocycles. The molecule has 0 fully saturated rings. The summed E-state index contributed by atoms with van der Waals surface area (Å²) in [5.74, 6) is 0. The quantitative estimate of drug-likeness (QED) is 0.385. The lowest BCUT2D eigenvalue weighted by Crippen LogP contribution is -2.39. The number of benzene rings is 4. The van der Waals surface area contributed by atoms with E-state index in [0.717, 1.165) is 38.6 Å². The molecule has 0 aliphatic rings. The molecule has 1 N–H and O–H groups in total. The van der Waals surface area contributed by atoms with Gasteiger partial charge in [0.2, 0.25) is 0 Å². The Morgan fingerprint density at radius 3 is 1.94 bits per heavy atom. The van der Waals surface area contributed by atoms with E-state index < -0.39 is 11.6 Å². The van der Waals surface area contributed by atoms with Gasteiger partial charge in [-0.3, -0.25) is 0 Å². The zero-order valence-corrected chi connectivity index (χ0v) is 18.8. The molecule has 1 atom stereocenters. The van der Waals surface area contributed by atoms with Crippen molar-refractivity contribution >= 4 is 21.9 Å².